The molecule has 200 valence electrons. The van der Waals surface area contributed by atoms with Crippen molar-refractivity contribution < 1.29 is 44.9 Å². The van der Waals surface area contributed by atoms with Gasteiger partial charge in [-0.1, -0.05) is 32.4 Å². The number of aliphatic hydroxyl groups excluding tert-OH is 6. The topological polar surface area (TPSA) is 157 Å². The standard InChI is InChI=1S/C26H42O9/c1-24(19(30)12-28)7-6-16-14(8-24)4-5-18-25(2,9-15(29)10-26(16,18)3)13-34-23-22(33)21(32)20(31)17(11-27)35-23/h8,16-23,27-28,30-33H,4-7,9-13H2,1-3H3/t16-,17-,18-,19+,20-,21+,22-,23-,24+,25+,26+/m1/s1. The lowest BCUT2D eigenvalue weighted by atomic mass is 9.45. The van der Waals surface area contributed by atoms with E-state index in [9.17, 15) is 35.4 Å². The monoisotopic (exact) mass is 498 g/mol. The number of aliphatic hydroxyl groups is 6. The summed E-state index contributed by atoms with van der Waals surface area (Å²) in [5.41, 5.74) is -0.00667. The molecule has 1 saturated heterocycles. The molecule has 0 aromatic heterocycles. The Bertz CT molecular complexity index is 830. The molecule has 0 amide bonds. The van der Waals surface area contributed by atoms with Crippen molar-refractivity contribution in [2.45, 2.75) is 96.1 Å². The van der Waals surface area contributed by atoms with Crippen LogP contribution in [0.5, 0.6) is 0 Å². The minimum absolute atomic E-state index is 0.133. The summed E-state index contributed by atoms with van der Waals surface area (Å²) in [6.07, 6.45) is -1.27. The van der Waals surface area contributed by atoms with Gasteiger partial charge in [-0.2, -0.15) is 0 Å². The first-order chi connectivity index (χ1) is 16.4. The van der Waals surface area contributed by atoms with Gasteiger partial charge in [-0.25, -0.2) is 0 Å². The Labute approximate surface area is 206 Å². The summed E-state index contributed by atoms with van der Waals surface area (Å²) in [4.78, 5) is 13.1. The molecule has 1 aliphatic heterocycles. The van der Waals surface area contributed by atoms with Gasteiger partial charge in [0.1, 0.15) is 30.2 Å². The maximum absolute atomic E-state index is 13.1. The van der Waals surface area contributed by atoms with E-state index in [1.54, 1.807) is 0 Å². The molecule has 4 aliphatic rings. The van der Waals surface area contributed by atoms with Gasteiger partial charge in [0.05, 0.1) is 25.9 Å². The Morgan fingerprint density at radius 1 is 1.09 bits per heavy atom. The average Bonchev–Trinajstić information content (AvgIpc) is 2.80. The van der Waals surface area contributed by atoms with Crippen LogP contribution in [0.15, 0.2) is 11.6 Å². The molecule has 0 radical (unpaired) electrons. The minimum atomic E-state index is -1.51. The highest BCUT2D eigenvalue weighted by Crippen LogP contribution is 2.63. The summed E-state index contributed by atoms with van der Waals surface area (Å²) >= 11 is 0. The van der Waals surface area contributed by atoms with E-state index in [0.29, 0.717) is 12.8 Å². The molecule has 6 N–H and O–H groups in total. The molecule has 9 nitrogen and oxygen atoms in total. The highest BCUT2D eigenvalue weighted by Gasteiger charge is 2.59. The van der Waals surface area contributed by atoms with E-state index in [1.165, 1.54) is 5.57 Å². The summed E-state index contributed by atoms with van der Waals surface area (Å²) in [6, 6.07) is 0. The Balaban J connectivity index is 1.54. The predicted molar refractivity (Wildman–Crippen MR) is 125 cm³/mol. The SMILES string of the molecule is C[C@@]1(CO[C@@H]2O[C@H](CO)[C@@H](O)[C@H](O)[C@H]2O)CC(=O)C[C@@]2(C)[C@@H]3CC[C@](C)([C@@H](O)CO)C=C3CC[C@H]12. The number of hydrogen-bond acceptors (Lipinski definition) is 9. The lowest BCUT2D eigenvalue weighted by Crippen LogP contribution is -2.60. The van der Waals surface area contributed by atoms with Crippen LogP contribution in [0.25, 0.3) is 0 Å². The fourth-order valence-corrected chi connectivity index (χ4v) is 7.67. The molecule has 35 heavy (non-hydrogen) atoms. The van der Waals surface area contributed by atoms with Crippen LogP contribution in [-0.4, -0.2) is 93.1 Å². The number of ketones is 1. The first-order valence-corrected chi connectivity index (χ1v) is 12.8. The van der Waals surface area contributed by atoms with Crippen LogP contribution in [0.3, 0.4) is 0 Å². The van der Waals surface area contributed by atoms with E-state index in [1.807, 2.05) is 13.8 Å². The average molecular weight is 499 g/mol. The number of ether oxygens (including phenoxy) is 2. The maximum atomic E-state index is 13.1. The minimum Gasteiger partial charge on any atom is -0.394 e. The van der Waals surface area contributed by atoms with Crippen LogP contribution >= 0.6 is 0 Å². The molecule has 2 saturated carbocycles. The van der Waals surface area contributed by atoms with E-state index < -0.39 is 54.2 Å². The van der Waals surface area contributed by atoms with Crippen molar-refractivity contribution in [3.8, 4) is 0 Å². The summed E-state index contributed by atoms with van der Waals surface area (Å²) < 4.78 is 11.5. The van der Waals surface area contributed by atoms with Crippen LogP contribution in [0.1, 0.15) is 59.3 Å². The van der Waals surface area contributed by atoms with Gasteiger partial charge in [0.15, 0.2) is 6.29 Å². The molecule has 11 atom stereocenters. The largest absolute Gasteiger partial charge is 0.394 e. The summed E-state index contributed by atoms with van der Waals surface area (Å²) in [7, 11) is 0. The van der Waals surface area contributed by atoms with Gasteiger partial charge in [0.2, 0.25) is 0 Å². The molecule has 0 spiro atoms. The molecular formula is C26H42O9. The Kier molecular flexibility index (Phi) is 7.57. The molecule has 9 heteroatoms. The lowest BCUT2D eigenvalue weighted by Gasteiger charge is -2.60. The molecule has 0 aromatic rings. The van der Waals surface area contributed by atoms with Crippen LogP contribution in [-0.2, 0) is 14.3 Å². The zero-order valence-corrected chi connectivity index (χ0v) is 21.0. The number of allylic oxidation sites excluding steroid dienone is 1. The summed E-state index contributed by atoms with van der Waals surface area (Å²) in [6.45, 7) is 5.53. The van der Waals surface area contributed by atoms with Crippen LogP contribution in [0.2, 0.25) is 0 Å². The van der Waals surface area contributed by atoms with Crippen molar-refractivity contribution in [2.24, 2.45) is 28.1 Å². The number of fused-ring (bicyclic) bond motifs is 3. The molecule has 1 heterocycles. The normalized spacial score (nSPS) is 49.1. The summed E-state index contributed by atoms with van der Waals surface area (Å²) in [5.74, 6) is 0.538. The first kappa shape index (κ1) is 27.1. The predicted octanol–water partition coefficient (Wildman–Crippen LogP) is 0.284. The van der Waals surface area contributed by atoms with Crippen LogP contribution in [0, 0.1) is 28.1 Å². The third-order valence-electron chi connectivity index (χ3n) is 9.63. The van der Waals surface area contributed by atoms with Gasteiger partial charge in [-0.3, -0.25) is 4.79 Å². The van der Waals surface area contributed by atoms with Gasteiger partial charge in [0, 0.05) is 23.7 Å². The first-order valence-electron chi connectivity index (χ1n) is 12.8. The second-order valence-electron chi connectivity index (χ2n) is 12.2. The number of carbonyl (C=O) groups excluding carboxylic acids is 1. The highest BCUT2D eigenvalue weighted by atomic mass is 16.7. The van der Waals surface area contributed by atoms with Crippen molar-refractivity contribution in [3.05, 3.63) is 11.6 Å². The maximum Gasteiger partial charge on any atom is 0.186 e. The fraction of sp³-hybridized carbons (Fsp3) is 0.885. The zero-order chi connectivity index (χ0) is 25.8. The number of hydrogen-bond donors (Lipinski definition) is 6. The molecule has 3 fully saturated rings. The molecule has 0 unspecified atom stereocenters. The smallest absolute Gasteiger partial charge is 0.186 e. The molecule has 3 aliphatic carbocycles. The van der Waals surface area contributed by atoms with Crippen molar-refractivity contribution >= 4 is 5.78 Å². The van der Waals surface area contributed by atoms with Gasteiger partial charge < -0.3 is 40.1 Å². The van der Waals surface area contributed by atoms with Gasteiger partial charge in [-0.15, -0.1) is 0 Å². The highest BCUT2D eigenvalue weighted by molar-refractivity contribution is 5.81. The Morgan fingerprint density at radius 2 is 1.80 bits per heavy atom. The third-order valence-corrected chi connectivity index (χ3v) is 9.63. The molecule has 4 rings (SSSR count). The van der Waals surface area contributed by atoms with Gasteiger partial charge >= 0.3 is 0 Å². The van der Waals surface area contributed by atoms with E-state index in [0.717, 1.165) is 25.7 Å². The zero-order valence-electron chi connectivity index (χ0n) is 21.0. The van der Waals surface area contributed by atoms with Crippen molar-refractivity contribution in [3.63, 3.8) is 0 Å². The van der Waals surface area contributed by atoms with Crippen molar-refractivity contribution in [1.29, 1.82) is 0 Å². The molecule has 0 bridgehead atoms. The van der Waals surface area contributed by atoms with E-state index in [4.69, 9.17) is 9.47 Å². The number of carbonyl (C=O) groups is 1. The molecule has 0 aromatic carbocycles. The Hall–Kier alpha value is -0.910. The van der Waals surface area contributed by atoms with E-state index in [2.05, 4.69) is 13.0 Å². The number of rotatable bonds is 6. The quantitative estimate of drug-likeness (QED) is 0.283. The Morgan fingerprint density at radius 3 is 2.46 bits per heavy atom. The van der Waals surface area contributed by atoms with E-state index >= 15 is 0 Å². The van der Waals surface area contributed by atoms with Gasteiger partial charge in [-0.05, 0) is 42.9 Å². The molecular weight excluding hydrogens is 456 g/mol. The lowest BCUT2D eigenvalue weighted by molar-refractivity contribution is -0.309. The number of Topliss-reactive ketones (excluding diaryl/α,β-unsaturated/α-hetero) is 1. The second-order valence-corrected chi connectivity index (χ2v) is 12.2. The third kappa shape index (κ3) is 4.63. The van der Waals surface area contributed by atoms with Gasteiger partial charge in [0.25, 0.3) is 0 Å². The second kappa shape index (κ2) is 9.76. The van der Waals surface area contributed by atoms with Crippen LogP contribution < -0.4 is 0 Å². The van der Waals surface area contributed by atoms with Crippen molar-refractivity contribution in [1.82, 2.24) is 0 Å². The summed E-state index contributed by atoms with van der Waals surface area (Å²) in [5, 5.41) is 59.9. The fourth-order valence-electron chi connectivity index (χ4n) is 7.67. The van der Waals surface area contributed by atoms with Crippen LogP contribution in [0.4, 0.5) is 0 Å². The van der Waals surface area contributed by atoms with E-state index in [-0.39, 0.29) is 36.2 Å². The van der Waals surface area contributed by atoms with Crippen molar-refractivity contribution in [2.75, 3.05) is 19.8 Å².